The third-order valence-corrected chi connectivity index (χ3v) is 19.7. The van der Waals surface area contributed by atoms with E-state index in [0.717, 1.165) is 154 Å². The number of carboxylic acid groups (broad SMARTS) is 1. The van der Waals surface area contributed by atoms with Crippen molar-refractivity contribution in [2.75, 3.05) is 21.7 Å². The van der Waals surface area contributed by atoms with Crippen LogP contribution in [-0.4, -0.2) is 114 Å². The van der Waals surface area contributed by atoms with E-state index < -0.39 is 24.4 Å². The maximum atomic E-state index is 12.4. The number of hydrogen-bond acceptors (Lipinski definition) is 24. The Balaban J connectivity index is 0.000000190. The minimum absolute atomic E-state index is 0.0263. The van der Waals surface area contributed by atoms with Gasteiger partial charge < -0.3 is 36.3 Å². The van der Waals surface area contributed by atoms with Crippen molar-refractivity contribution < 1.29 is 69.7 Å². The first-order valence-electron chi connectivity index (χ1n) is 37.8. The summed E-state index contributed by atoms with van der Waals surface area (Å²) in [5.74, 6) is -1.82. The summed E-state index contributed by atoms with van der Waals surface area (Å²) in [5, 5.41) is 70.6. The minimum atomic E-state index is -4.79. The van der Waals surface area contributed by atoms with Gasteiger partial charge in [0.2, 0.25) is 33.1 Å². The van der Waals surface area contributed by atoms with Crippen LogP contribution in [0.2, 0.25) is 0 Å². The molecule has 0 radical (unpaired) electrons. The molecule has 34 heteroatoms. The van der Waals surface area contributed by atoms with E-state index in [-0.39, 0.29) is 66.3 Å². The molecule has 6 N–H and O–H groups in total. The van der Waals surface area contributed by atoms with E-state index in [1.807, 2.05) is 148 Å². The number of ether oxygens (including phenoxy) is 2. The molecule has 119 heavy (non-hydrogen) atoms. The first kappa shape index (κ1) is 90.4. The summed E-state index contributed by atoms with van der Waals surface area (Å²) >= 11 is 4.20. The number of aryl methyl sites for hydroxylation is 9. The molecule has 0 bridgehead atoms. The highest BCUT2D eigenvalue weighted by Crippen LogP contribution is 2.27. The van der Waals surface area contributed by atoms with E-state index in [9.17, 15) is 55.1 Å². The maximum absolute atomic E-state index is 12.4. The first-order chi connectivity index (χ1) is 57.1. The number of Topliss-reactive ketones (excluding diaryl/α,β-unsaturated/α-hetero) is 2. The molecule has 3 amide bonds. The van der Waals surface area contributed by atoms with Gasteiger partial charge in [0.05, 0.1) is 67.0 Å². The summed E-state index contributed by atoms with van der Waals surface area (Å²) in [6, 6.07) is 54.7. The molecule has 25 nitrogen and oxygen atoms in total. The van der Waals surface area contributed by atoms with Gasteiger partial charge in [-0.15, -0.1) is 62.0 Å². The normalized spacial score (nSPS) is 11.0. The Morgan fingerprint density at radius 2 is 0.647 bits per heavy atom. The van der Waals surface area contributed by atoms with Crippen molar-refractivity contribution in [2.24, 2.45) is 0 Å². The van der Waals surface area contributed by atoms with Gasteiger partial charge in [0.1, 0.15) is 43.9 Å². The van der Waals surface area contributed by atoms with Crippen LogP contribution in [0.1, 0.15) is 132 Å². The molecule has 620 valence electrons. The van der Waals surface area contributed by atoms with Crippen molar-refractivity contribution in [1.29, 1.82) is 0 Å². The van der Waals surface area contributed by atoms with Crippen LogP contribution in [0.5, 0.6) is 11.5 Å². The second kappa shape index (κ2) is 46.4. The van der Waals surface area contributed by atoms with Crippen LogP contribution < -0.4 is 31.2 Å². The summed E-state index contributed by atoms with van der Waals surface area (Å²) in [4.78, 5) is 71.7. The fourth-order valence-corrected chi connectivity index (χ4v) is 14.1. The van der Waals surface area contributed by atoms with E-state index in [0.29, 0.717) is 70.3 Å². The minimum Gasteiger partial charge on any atom is -0.481 e. The van der Waals surface area contributed by atoms with Crippen molar-refractivity contribution in [1.82, 2.24) is 61.2 Å². The lowest BCUT2D eigenvalue weighted by atomic mass is 10.1. The molecular formula is C85H86F6N16O9S3. The number of ketones is 2. The molecule has 0 atom stereocenters. The van der Waals surface area contributed by atoms with Gasteiger partial charge in [-0.05, 0) is 173 Å². The van der Waals surface area contributed by atoms with Gasteiger partial charge in [-0.25, -0.2) is 0 Å². The van der Waals surface area contributed by atoms with E-state index in [4.69, 9.17) is 10.8 Å². The van der Waals surface area contributed by atoms with Crippen LogP contribution in [0, 0.1) is 20.8 Å². The number of hydrogen-bond donors (Lipinski definition) is 5. The summed E-state index contributed by atoms with van der Waals surface area (Å²) in [6.45, 7) is 6.01. The standard InChI is InChI=1S/C29H28F3N5O3S.C28H29N5O2S.C19H22N6OS.C9H7F3O3/c1-19-6-4-7-20(14-19)17-26(39)33-28-37-36-27(41-28)11-3-2-9-22-12-13-23(35-34-22)18-24(38)15-21-8-5-10-25(16-21)40-29(30,31)32;1-20-8-7-11-22(16-20)18-26(35)29-28-33-32-27(36-28)13-6-5-12-23-14-15-24(31-30-23)19-25(34)17-21-9-3-2-4-10-21;1-13-5-4-6-14(11-13)12-17(26)21-19-25-24-18(27-19)8-3-2-7-15-9-10-16(20)23-22-15;10-9(11,12)15-7-3-1-2-6(4-7)5-8(13)14/h4-8,10,12-14,16H,2-3,9,11,15,17-18H2,1H3,(H,33,37,39);2-4,7-11,14-16H,5-6,12-13,17-19H2,1H3,(H,29,33,35);4-6,9-11H,2-3,7-8,12H2,1H3,(H2,20,23)(H,21,25,26);1-4H,5H2,(H,13,14). The number of halogens is 6. The van der Waals surface area contributed by atoms with Gasteiger partial charge in [0, 0.05) is 32.1 Å². The first-order valence-corrected chi connectivity index (χ1v) is 40.3. The van der Waals surface area contributed by atoms with Crippen LogP contribution in [0.25, 0.3) is 0 Å². The quantitative estimate of drug-likeness (QED) is 0.0180. The van der Waals surface area contributed by atoms with Crippen LogP contribution in [-0.2, 0) is 119 Å². The summed E-state index contributed by atoms with van der Waals surface area (Å²) < 4.78 is 80.2. The number of carbonyl (C=O) groups excluding carboxylic acids is 5. The molecule has 6 aromatic heterocycles. The molecule has 0 saturated heterocycles. The van der Waals surface area contributed by atoms with Gasteiger partial charge in [-0.1, -0.05) is 178 Å². The van der Waals surface area contributed by atoms with Gasteiger partial charge in [-0.3, -0.25) is 28.8 Å². The lowest BCUT2D eigenvalue weighted by Gasteiger charge is -2.09. The molecular weight excluding hydrogens is 1600 g/mol. The largest absolute Gasteiger partial charge is 0.573 e. The number of nitrogens with two attached hydrogens (primary N) is 1. The van der Waals surface area contributed by atoms with Crippen molar-refractivity contribution in [3.63, 3.8) is 0 Å². The molecule has 0 aliphatic rings. The fourth-order valence-electron chi connectivity index (χ4n) is 11.7. The molecule has 0 aliphatic heterocycles. The number of nitrogens with zero attached hydrogens (tertiary/aromatic N) is 12. The zero-order valence-electron chi connectivity index (χ0n) is 65.2. The van der Waals surface area contributed by atoms with E-state index in [2.05, 4.69) is 86.6 Å². The number of aliphatic carboxylic acids is 1. The Kier molecular flexibility index (Phi) is 35.2. The predicted molar refractivity (Wildman–Crippen MR) is 440 cm³/mol. The Morgan fingerprint density at radius 3 is 0.983 bits per heavy atom. The topological polar surface area (TPSA) is 358 Å². The molecule has 0 aliphatic carbocycles. The van der Waals surface area contributed by atoms with Gasteiger partial charge in [-0.2, -0.15) is 25.5 Å². The number of anilines is 4. The summed E-state index contributed by atoms with van der Waals surface area (Å²) in [6.07, 6.45) is 1.96. The number of carbonyl (C=O) groups is 6. The molecule has 0 saturated carbocycles. The molecule has 0 spiro atoms. The molecule has 0 fully saturated rings. The lowest BCUT2D eigenvalue weighted by Crippen LogP contribution is -2.17. The van der Waals surface area contributed by atoms with Crippen molar-refractivity contribution in [3.05, 3.63) is 282 Å². The highest BCUT2D eigenvalue weighted by molar-refractivity contribution is 7.16. The third kappa shape index (κ3) is 35.8. The second-order valence-electron chi connectivity index (χ2n) is 27.5. The number of carboxylic acids is 1. The number of benzene rings is 6. The summed E-state index contributed by atoms with van der Waals surface area (Å²) in [7, 11) is 0. The van der Waals surface area contributed by atoms with E-state index >= 15 is 0 Å². The van der Waals surface area contributed by atoms with Gasteiger partial charge >= 0.3 is 18.7 Å². The number of unbranched alkanes of at least 4 members (excludes halogenated alkanes) is 3. The number of aromatic nitrogens is 12. The molecule has 6 aromatic carbocycles. The zero-order valence-corrected chi connectivity index (χ0v) is 67.6. The van der Waals surface area contributed by atoms with Crippen LogP contribution in [0.4, 0.5) is 47.6 Å². The number of rotatable bonds is 36. The van der Waals surface area contributed by atoms with Crippen molar-refractivity contribution >= 4 is 90.5 Å². The monoisotopic (exact) mass is 1680 g/mol. The second-order valence-corrected chi connectivity index (χ2v) is 30.7. The molecule has 12 aromatic rings. The average molecular weight is 1690 g/mol. The van der Waals surface area contributed by atoms with Crippen LogP contribution in [0.3, 0.4) is 0 Å². The zero-order chi connectivity index (χ0) is 84.9. The Hall–Kier alpha value is -12.6. The highest BCUT2D eigenvalue weighted by Gasteiger charge is 2.32. The number of nitrogens with one attached hydrogen (secondary N) is 3. The predicted octanol–water partition coefficient (Wildman–Crippen LogP) is 15.6. The van der Waals surface area contributed by atoms with Crippen molar-refractivity contribution in [3.8, 4) is 11.5 Å². The average Bonchev–Trinajstić information content (AvgIpc) is 1.08. The van der Waals surface area contributed by atoms with E-state index in [1.165, 1.54) is 64.3 Å². The molecule has 12 rings (SSSR count). The smallest absolute Gasteiger partial charge is 0.481 e. The SMILES string of the molecule is Cc1cccc(CC(=O)Nc2nnc(CCCCc3ccc(CC(=O)Cc4cccc(OC(F)(F)F)c4)nn3)s2)c1.Cc1cccc(CC(=O)Nc2nnc(CCCCc3ccc(CC(=O)Cc4ccccc4)nn3)s2)c1.Cc1cccc(CC(=O)Nc2nnc(CCCCc3ccc(N)nn3)s2)c1.O=C(O)Cc1cccc(OC(F)(F)F)c1. The number of alkyl halides is 6. The molecule has 6 heterocycles. The Morgan fingerprint density at radius 1 is 0.336 bits per heavy atom. The lowest BCUT2D eigenvalue weighted by molar-refractivity contribution is -0.275. The number of nitrogen functional groups attached to an aromatic ring is 1. The van der Waals surface area contributed by atoms with Crippen LogP contribution in [0.15, 0.2) is 188 Å². The fraction of sp³-hybridized carbons (Fsp3) is 0.294. The summed E-state index contributed by atoms with van der Waals surface area (Å²) in [5.41, 5.74) is 17.3. The Labute approximate surface area is 694 Å². The highest BCUT2D eigenvalue weighted by atomic mass is 32.1. The maximum Gasteiger partial charge on any atom is 0.573 e. The van der Waals surface area contributed by atoms with Gasteiger partial charge in [0.25, 0.3) is 0 Å². The number of amides is 3. The van der Waals surface area contributed by atoms with Crippen LogP contribution >= 0.6 is 34.0 Å². The van der Waals surface area contributed by atoms with Gasteiger partial charge in [0.15, 0.2) is 0 Å². The third-order valence-electron chi connectivity index (χ3n) is 17.0. The van der Waals surface area contributed by atoms with E-state index in [1.54, 1.807) is 18.2 Å². The molecule has 0 unspecified atom stereocenters. The van der Waals surface area contributed by atoms with Crippen molar-refractivity contribution in [2.45, 2.75) is 162 Å². The Bertz CT molecular complexity index is 5260.